The molecule has 0 saturated heterocycles. The molecule has 3 aromatic rings. The summed E-state index contributed by atoms with van der Waals surface area (Å²) in [5.41, 5.74) is 1.11. The average Bonchev–Trinajstić information content (AvgIpc) is 3.01. The molecular formula is C18H14BrF3N4OS. The van der Waals surface area contributed by atoms with Gasteiger partial charge < -0.3 is 4.90 Å². The summed E-state index contributed by atoms with van der Waals surface area (Å²) in [6.07, 6.45) is 2.44. The zero-order chi connectivity index (χ0) is 20.2. The lowest BCUT2D eigenvalue weighted by molar-refractivity contribution is -0.158. The van der Waals surface area contributed by atoms with Crippen molar-refractivity contribution in [3.63, 3.8) is 0 Å². The van der Waals surface area contributed by atoms with E-state index in [4.69, 9.17) is 0 Å². The van der Waals surface area contributed by atoms with E-state index in [-0.39, 0.29) is 5.70 Å². The zero-order valence-corrected chi connectivity index (χ0v) is 17.1. The number of anilines is 1. The Morgan fingerprint density at radius 1 is 1.29 bits per heavy atom. The van der Waals surface area contributed by atoms with Gasteiger partial charge in [-0.25, -0.2) is 9.97 Å². The Kier molecular flexibility index (Phi) is 4.58. The van der Waals surface area contributed by atoms with Crippen molar-refractivity contribution in [3.05, 3.63) is 47.2 Å². The molecule has 0 bridgehead atoms. The van der Waals surface area contributed by atoms with E-state index in [9.17, 15) is 18.0 Å². The van der Waals surface area contributed by atoms with Gasteiger partial charge in [0.1, 0.15) is 15.9 Å². The van der Waals surface area contributed by atoms with Crippen molar-refractivity contribution in [2.24, 2.45) is 5.92 Å². The average molecular weight is 471 g/mol. The number of hydrogen-bond donors (Lipinski definition) is 0. The smallest absolute Gasteiger partial charge is 0.377 e. The number of nitrogens with zero attached hydrogens (tertiary/aromatic N) is 4. The van der Waals surface area contributed by atoms with Crippen LogP contribution in [0.25, 0.3) is 26.1 Å². The Hall–Kier alpha value is -2.20. The first-order valence-corrected chi connectivity index (χ1v) is 9.99. The van der Waals surface area contributed by atoms with Crippen LogP contribution in [0, 0.1) is 5.92 Å². The van der Waals surface area contributed by atoms with Gasteiger partial charge in [-0.05, 0) is 18.2 Å². The minimum absolute atomic E-state index is 0.149. The third kappa shape index (κ3) is 3.04. The summed E-state index contributed by atoms with van der Waals surface area (Å²) in [5, 5.41) is 0.763. The lowest BCUT2D eigenvalue weighted by atomic mass is 9.98. The van der Waals surface area contributed by atoms with Crippen LogP contribution >= 0.6 is 27.3 Å². The van der Waals surface area contributed by atoms with Gasteiger partial charge in [0, 0.05) is 30.8 Å². The number of pyridine rings is 1. The van der Waals surface area contributed by atoms with E-state index in [1.807, 2.05) is 25.1 Å². The molecule has 4 rings (SSSR count). The lowest BCUT2D eigenvalue weighted by Gasteiger charge is -2.24. The molecule has 0 aromatic carbocycles. The molecule has 2 unspecified atom stereocenters. The van der Waals surface area contributed by atoms with Gasteiger partial charge in [-0.2, -0.15) is 13.2 Å². The molecule has 1 aliphatic carbocycles. The molecule has 3 heterocycles. The van der Waals surface area contributed by atoms with Crippen LogP contribution in [0.5, 0.6) is 0 Å². The predicted molar refractivity (Wildman–Crippen MR) is 109 cm³/mol. The first-order chi connectivity index (χ1) is 13.2. The highest BCUT2D eigenvalue weighted by Gasteiger charge is 2.43. The summed E-state index contributed by atoms with van der Waals surface area (Å²) in [6, 6.07) is 1.83. The monoisotopic (exact) mass is 470 g/mol. The first-order valence-electron chi connectivity index (χ1n) is 8.26. The standard InChI is InChI=1S/C18H14BrF3N4OS/c1-25(2)12-5-6-23-16-13(12)14-15(28-16)17(27)26(8-24-14)9-3-4-11(19)10(7-9)18(20,21)22/h3-8,10-11H,1-2H3. The molecule has 0 radical (unpaired) electrons. The van der Waals surface area contributed by atoms with Gasteiger partial charge in [-0.15, -0.1) is 11.3 Å². The minimum atomic E-state index is -4.42. The van der Waals surface area contributed by atoms with E-state index in [2.05, 4.69) is 25.9 Å². The second kappa shape index (κ2) is 6.70. The molecule has 0 N–H and O–H groups in total. The van der Waals surface area contributed by atoms with Gasteiger partial charge in [0.2, 0.25) is 0 Å². The van der Waals surface area contributed by atoms with E-state index < -0.39 is 22.5 Å². The molecule has 0 aliphatic heterocycles. The van der Waals surface area contributed by atoms with Crippen LogP contribution in [-0.4, -0.2) is 39.6 Å². The molecule has 0 saturated carbocycles. The van der Waals surface area contributed by atoms with Crippen molar-refractivity contribution in [1.29, 1.82) is 0 Å². The molecule has 146 valence electrons. The highest BCUT2D eigenvalue weighted by molar-refractivity contribution is 9.09. The topological polar surface area (TPSA) is 51.0 Å². The number of thiophene rings is 1. The number of hydrogen-bond acceptors (Lipinski definition) is 5. The maximum absolute atomic E-state index is 13.3. The predicted octanol–water partition coefficient (Wildman–Crippen LogP) is 4.42. The maximum Gasteiger partial charge on any atom is 0.396 e. The summed E-state index contributed by atoms with van der Waals surface area (Å²) < 4.78 is 41.3. The number of halogens is 4. The Bertz CT molecular complexity index is 1200. The molecule has 0 spiro atoms. The Morgan fingerprint density at radius 3 is 2.71 bits per heavy atom. The molecule has 10 heteroatoms. The van der Waals surface area contributed by atoms with Crippen molar-refractivity contribution < 1.29 is 13.2 Å². The molecule has 2 atom stereocenters. The molecule has 1 aliphatic rings. The van der Waals surface area contributed by atoms with Gasteiger partial charge in [-0.1, -0.05) is 22.0 Å². The maximum atomic E-state index is 13.3. The van der Waals surface area contributed by atoms with Crippen LogP contribution in [0.3, 0.4) is 0 Å². The lowest BCUT2D eigenvalue weighted by Crippen LogP contribution is -2.31. The van der Waals surface area contributed by atoms with E-state index in [0.717, 1.165) is 21.7 Å². The van der Waals surface area contributed by atoms with Crippen LogP contribution < -0.4 is 10.5 Å². The van der Waals surface area contributed by atoms with E-state index in [1.54, 1.807) is 6.20 Å². The number of aromatic nitrogens is 3. The Morgan fingerprint density at radius 2 is 2.04 bits per heavy atom. The number of rotatable bonds is 2. The highest BCUT2D eigenvalue weighted by Crippen LogP contribution is 2.38. The number of allylic oxidation sites excluding steroid dienone is 4. The number of alkyl halides is 4. The molecule has 3 aromatic heterocycles. The van der Waals surface area contributed by atoms with Gasteiger partial charge in [0.05, 0.1) is 22.5 Å². The van der Waals surface area contributed by atoms with Gasteiger partial charge in [0.25, 0.3) is 5.56 Å². The molecule has 28 heavy (non-hydrogen) atoms. The fourth-order valence-corrected chi connectivity index (χ4v) is 4.82. The summed E-state index contributed by atoms with van der Waals surface area (Å²) >= 11 is 4.22. The van der Waals surface area contributed by atoms with Crippen LogP contribution in [-0.2, 0) is 0 Å². The van der Waals surface area contributed by atoms with E-state index >= 15 is 0 Å². The molecule has 0 fully saturated rings. The summed E-state index contributed by atoms with van der Waals surface area (Å²) in [5.74, 6) is -1.72. The third-order valence-corrected chi connectivity index (χ3v) is 6.49. The van der Waals surface area contributed by atoms with Gasteiger partial charge in [0.15, 0.2) is 0 Å². The number of fused-ring (bicyclic) bond motifs is 3. The van der Waals surface area contributed by atoms with E-state index in [0.29, 0.717) is 15.0 Å². The fraction of sp³-hybridized carbons (Fsp3) is 0.278. The van der Waals surface area contributed by atoms with Gasteiger partial charge in [-0.3, -0.25) is 9.36 Å². The van der Waals surface area contributed by atoms with Crippen molar-refractivity contribution in [1.82, 2.24) is 14.5 Å². The largest absolute Gasteiger partial charge is 0.396 e. The van der Waals surface area contributed by atoms with Crippen LogP contribution in [0.1, 0.15) is 0 Å². The minimum Gasteiger partial charge on any atom is -0.377 e. The van der Waals surface area contributed by atoms with Crippen LogP contribution in [0.4, 0.5) is 18.9 Å². The normalized spacial score (nSPS) is 20.0. The summed E-state index contributed by atoms with van der Waals surface area (Å²) in [7, 11) is 3.76. The van der Waals surface area contributed by atoms with E-state index in [1.165, 1.54) is 29.8 Å². The first kappa shape index (κ1) is 19.1. The second-order valence-electron chi connectivity index (χ2n) is 6.57. The summed E-state index contributed by atoms with van der Waals surface area (Å²) in [4.78, 5) is 23.4. The second-order valence-corrected chi connectivity index (χ2v) is 8.62. The summed E-state index contributed by atoms with van der Waals surface area (Å²) in [6.45, 7) is 0. The molecule has 0 amide bonds. The van der Waals surface area contributed by atoms with Crippen LogP contribution in [0.15, 0.2) is 41.6 Å². The quantitative estimate of drug-likeness (QED) is 0.520. The highest BCUT2D eigenvalue weighted by atomic mass is 79.9. The third-order valence-electron chi connectivity index (χ3n) is 4.54. The zero-order valence-electron chi connectivity index (χ0n) is 14.7. The fourth-order valence-electron chi connectivity index (χ4n) is 3.17. The SMILES string of the molecule is CN(C)c1ccnc2sc3c(=O)n(C4=CC(C(F)(F)F)C(Br)C=C4)cnc3c12. The Labute approximate surface area is 169 Å². The van der Waals surface area contributed by atoms with Crippen molar-refractivity contribution in [3.8, 4) is 0 Å². The molecule has 5 nitrogen and oxygen atoms in total. The molecular weight excluding hydrogens is 457 g/mol. The van der Waals surface area contributed by atoms with Crippen molar-refractivity contribution >= 4 is 59.1 Å². The van der Waals surface area contributed by atoms with Gasteiger partial charge >= 0.3 is 6.18 Å². The van der Waals surface area contributed by atoms with Crippen LogP contribution in [0.2, 0.25) is 0 Å². The van der Waals surface area contributed by atoms with Crippen molar-refractivity contribution in [2.45, 2.75) is 11.0 Å². The Balaban J connectivity index is 1.92. The van der Waals surface area contributed by atoms with Crippen molar-refractivity contribution in [2.75, 3.05) is 19.0 Å².